The van der Waals surface area contributed by atoms with Crippen molar-refractivity contribution in [3.05, 3.63) is 27.4 Å². The Morgan fingerprint density at radius 2 is 1.95 bits per heavy atom. The van der Waals surface area contributed by atoms with E-state index < -0.39 is 5.69 Å². The number of carbonyl (C=O) groups is 1. The zero-order valence-corrected chi connectivity index (χ0v) is 13.2. The first-order valence-corrected chi connectivity index (χ1v) is 7.31. The van der Waals surface area contributed by atoms with E-state index in [4.69, 9.17) is 0 Å². The molecule has 0 fully saturated rings. The number of hydrogen-bond acceptors (Lipinski definition) is 4. The molecule has 1 aromatic rings. The number of aromatic amines is 1. The highest BCUT2D eigenvalue weighted by Crippen LogP contribution is 2.24. The molecule has 0 aliphatic rings. The van der Waals surface area contributed by atoms with E-state index in [0.717, 1.165) is 18.4 Å². The van der Waals surface area contributed by atoms with Crippen molar-refractivity contribution in [1.82, 2.24) is 15.3 Å². The molecule has 0 saturated heterocycles. The molecule has 1 rings (SSSR count). The van der Waals surface area contributed by atoms with Crippen molar-refractivity contribution in [2.75, 3.05) is 13.2 Å². The summed E-state index contributed by atoms with van der Waals surface area (Å²) in [6, 6.07) is 0. The molecule has 6 heteroatoms. The van der Waals surface area contributed by atoms with Crippen molar-refractivity contribution in [3.63, 3.8) is 0 Å². The Bertz CT molecular complexity index is 513. The normalized spacial score (nSPS) is 11.5. The highest BCUT2D eigenvalue weighted by molar-refractivity contribution is 5.79. The second-order valence-corrected chi connectivity index (χ2v) is 5.55. The fourth-order valence-electron chi connectivity index (χ4n) is 2.30. The fraction of sp³-hybridized carbons (Fsp3) is 0.667. The van der Waals surface area contributed by atoms with Gasteiger partial charge in [-0.1, -0.05) is 13.8 Å². The van der Waals surface area contributed by atoms with Gasteiger partial charge >= 0.3 is 5.69 Å². The summed E-state index contributed by atoms with van der Waals surface area (Å²) in [5.74, 6) is -0.130. The summed E-state index contributed by atoms with van der Waals surface area (Å²) in [5.41, 5.74) is 1.33. The molecular formula is C15H25N3O3. The molecule has 0 bridgehead atoms. The lowest BCUT2D eigenvalue weighted by Gasteiger charge is -2.29. The highest BCUT2D eigenvalue weighted by Gasteiger charge is 2.26. The molecule has 118 valence electrons. The van der Waals surface area contributed by atoms with Gasteiger partial charge < -0.3 is 15.4 Å². The molecule has 0 spiro atoms. The van der Waals surface area contributed by atoms with Gasteiger partial charge in [-0.3, -0.25) is 4.79 Å². The maximum absolute atomic E-state index is 12.1. The molecule has 0 atom stereocenters. The Hall–Kier alpha value is -1.69. The van der Waals surface area contributed by atoms with Crippen LogP contribution in [0.4, 0.5) is 0 Å². The Labute approximate surface area is 125 Å². The van der Waals surface area contributed by atoms with Crippen LogP contribution in [0.25, 0.3) is 0 Å². The van der Waals surface area contributed by atoms with Crippen LogP contribution in [0.5, 0.6) is 0 Å². The third-order valence-electron chi connectivity index (χ3n) is 4.29. The Kier molecular flexibility index (Phi) is 6.08. The average Bonchev–Trinajstić information content (AvgIpc) is 2.45. The maximum Gasteiger partial charge on any atom is 0.345 e. The van der Waals surface area contributed by atoms with Crippen LogP contribution in [0, 0.1) is 19.3 Å². The summed E-state index contributed by atoms with van der Waals surface area (Å²) >= 11 is 0. The standard InChI is InChI=1S/C15H25N3O3/c1-5-15(6-2,9-19)8-16-13(20)7-12-10(3)17-14(21)18-11(12)4/h19H,5-9H2,1-4H3,(H,16,20)(H,17,18,21). The van der Waals surface area contributed by atoms with E-state index in [1.165, 1.54) is 0 Å². The quantitative estimate of drug-likeness (QED) is 0.695. The molecular weight excluding hydrogens is 270 g/mol. The number of nitrogens with zero attached hydrogens (tertiary/aromatic N) is 1. The summed E-state index contributed by atoms with van der Waals surface area (Å²) in [4.78, 5) is 29.7. The van der Waals surface area contributed by atoms with Gasteiger partial charge in [0.1, 0.15) is 0 Å². The molecule has 21 heavy (non-hydrogen) atoms. The van der Waals surface area contributed by atoms with Gasteiger partial charge in [-0.05, 0) is 26.7 Å². The van der Waals surface area contributed by atoms with Gasteiger partial charge in [0.2, 0.25) is 5.91 Å². The van der Waals surface area contributed by atoms with Crippen LogP contribution in [-0.2, 0) is 11.2 Å². The summed E-state index contributed by atoms with van der Waals surface area (Å²) in [6.07, 6.45) is 1.79. The van der Waals surface area contributed by atoms with Crippen LogP contribution in [0.3, 0.4) is 0 Å². The number of aromatic nitrogens is 2. The fourth-order valence-corrected chi connectivity index (χ4v) is 2.30. The molecule has 0 radical (unpaired) electrons. The van der Waals surface area contributed by atoms with Gasteiger partial charge in [-0.2, -0.15) is 4.98 Å². The van der Waals surface area contributed by atoms with Gasteiger partial charge in [0.05, 0.1) is 13.0 Å². The van der Waals surface area contributed by atoms with E-state index in [9.17, 15) is 14.7 Å². The summed E-state index contributed by atoms with van der Waals surface area (Å²) in [5, 5.41) is 12.4. The van der Waals surface area contributed by atoms with Gasteiger partial charge in [0.15, 0.2) is 0 Å². The van der Waals surface area contributed by atoms with Gasteiger partial charge in [0, 0.05) is 28.9 Å². The Morgan fingerprint density at radius 3 is 2.43 bits per heavy atom. The summed E-state index contributed by atoms with van der Waals surface area (Å²) < 4.78 is 0. The first-order chi connectivity index (χ1) is 9.87. The smallest absolute Gasteiger partial charge is 0.345 e. The molecule has 0 unspecified atom stereocenters. The van der Waals surface area contributed by atoms with E-state index in [0.29, 0.717) is 17.9 Å². The second-order valence-electron chi connectivity index (χ2n) is 5.55. The van der Waals surface area contributed by atoms with Crippen LogP contribution >= 0.6 is 0 Å². The van der Waals surface area contributed by atoms with Crippen LogP contribution < -0.4 is 11.0 Å². The van der Waals surface area contributed by atoms with Crippen LogP contribution in [0.15, 0.2) is 4.79 Å². The van der Waals surface area contributed by atoms with Crippen LogP contribution in [0.2, 0.25) is 0 Å². The van der Waals surface area contributed by atoms with E-state index in [2.05, 4.69) is 15.3 Å². The number of amides is 1. The number of carbonyl (C=O) groups excluding carboxylic acids is 1. The minimum absolute atomic E-state index is 0.0541. The topological polar surface area (TPSA) is 95.1 Å². The summed E-state index contributed by atoms with van der Waals surface area (Å²) in [6.45, 7) is 8.00. The second kappa shape index (κ2) is 7.36. The van der Waals surface area contributed by atoms with E-state index >= 15 is 0 Å². The van der Waals surface area contributed by atoms with Crippen molar-refractivity contribution >= 4 is 5.91 Å². The van der Waals surface area contributed by atoms with Crippen LogP contribution in [-0.4, -0.2) is 34.1 Å². The molecule has 0 aromatic carbocycles. The SMILES string of the molecule is CCC(CC)(CO)CNC(=O)Cc1c(C)nc(=O)[nH]c1C. The molecule has 0 aliphatic heterocycles. The number of rotatable bonds is 7. The molecule has 0 saturated carbocycles. The Morgan fingerprint density at radius 1 is 1.33 bits per heavy atom. The van der Waals surface area contributed by atoms with Gasteiger partial charge in [-0.25, -0.2) is 4.79 Å². The Balaban J connectivity index is 2.73. The molecule has 1 aromatic heterocycles. The zero-order valence-electron chi connectivity index (χ0n) is 13.2. The first-order valence-electron chi connectivity index (χ1n) is 7.31. The maximum atomic E-state index is 12.1. The molecule has 0 aliphatic carbocycles. The third kappa shape index (κ3) is 4.39. The van der Waals surface area contributed by atoms with E-state index in [-0.39, 0.29) is 24.3 Å². The molecule has 1 amide bonds. The monoisotopic (exact) mass is 295 g/mol. The number of hydrogen-bond donors (Lipinski definition) is 3. The van der Waals surface area contributed by atoms with Gasteiger partial charge in [-0.15, -0.1) is 0 Å². The lowest BCUT2D eigenvalue weighted by molar-refractivity contribution is -0.121. The molecule has 3 N–H and O–H groups in total. The molecule has 1 heterocycles. The minimum Gasteiger partial charge on any atom is -0.396 e. The number of nitrogens with one attached hydrogen (secondary N) is 2. The van der Waals surface area contributed by atoms with E-state index in [1.54, 1.807) is 13.8 Å². The average molecular weight is 295 g/mol. The minimum atomic E-state index is -0.398. The number of aryl methyl sites for hydroxylation is 2. The zero-order chi connectivity index (χ0) is 16.0. The lowest BCUT2D eigenvalue weighted by Crippen LogP contribution is -2.40. The predicted molar refractivity (Wildman–Crippen MR) is 81.1 cm³/mol. The first kappa shape index (κ1) is 17.4. The highest BCUT2D eigenvalue weighted by atomic mass is 16.3. The third-order valence-corrected chi connectivity index (χ3v) is 4.29. The number of H-pyrrole nitrogens is 1. The van der Waals surface area contributed by atoms with Gasteiger partial charge in [0.25, 0.3) is 0 Å². The number of aliphatic hydroxyl groups excluding tert-OH is 1. The predicted octanol–water partition coefficient (Wildman–Crippen LogP) is 0.844. The lowest BCUT2D eigenvalue weighted by atomic mass is 9.83. The molecule has 6 nitrogen and oxygen atoms in total. The van der Waals surface area contributed by atoms with Crippen molar-refractivity contribution in [1.29, 1.82) is 0 Å². The summed E-state index contributed by atoms with van der Waals surface area (Å²) in [7, 11) is 0. The number of aliphatic hydroxyl groups is 1. The van der Waals surface area contributed by atoms with Crippen molar-refractivity contribution < 1.29 is 9.90 Å². The van der Waals surface area contributed by atoms with Crippen molar-refractivity contribution in [2.24, 2.45) is 5.41 Å². The van der Waals surface area contributed by atoms with E-state index in [1.807, 2.05) is 13.8 Å². The van der Waals surface area contributed by atoms with Crippen molar-refractivity contribution in [2.45, 2.75) is 47.0 Å². The van der Waals surface area contributed by atoms with Crippen molar-refractivity contribution in [3.8, 4) is 0 Å². The van der Waals surface area contributed by atoms with Crippen LogP contribution in [0.1, 0.15) is 43.6 Å². The largest absolute Gasteiger partial charge is 0.396 e.